The second kappa shape index (κ2) is 8.06. The summed E-state index contributed by atoms with van der Waals surface area (Å²) in [5.74, 6) is 0.935. The quantitative estimate of drug-likeness (QED) is 0.812. The summed E-state index contributed by atoms with van der Waals surface area (Å²) < 4.78 is 8.13. The van der Waals surface area contributed by atoms with Crippen LogP contribution >= 0.6 is 23.8 Å². The molecule has 1 aliphatic rings. The molecule has 7 heteroatoms. The van der Waals surface area contributed by atoms with E-state index in [-0.39, 0.29) is 0 Å². The molecule has 0 aliphatic carbocycles. The van der Waals surface area contributed by atoms with Crippen LogP contribution in [0.4, 0.5) is 0 Å². The minimum atomic E-state index is 0.675. The Labute approximate surface area is 146 Å². The number of benzene rings is 1. The Bertz CT molecular complexity index is 693. The lowest BCUT2D eigenvalue weighted by atomic mass is 10.1. The highest BCUT2D eigenvalue weighted by molar-refractivity contribution is 7.71. The molecule has 1 N–H and O–H groups in total. The van der Waals surface area contributed by atoms with Crippen LogP contribution in [0.5, 0.6) is 0 Å². The van der Waals surface area contributed by atoms with E-state index in [9.17, 15) is 0 Å². The number of hydrogen-bond donors (Lipinski definition) is 1. The van der Waals surface area contributed by atoms with E-state index in [1.807, 2.05) is 24.3 Å². The number of aromatic amines is 1. The smallest absolute Gasteiger partial charge is 0.195 e. The van der Waals surface area contributed by atoms with Gasteiger partial charge in [0, 0.05) is 37.6 Å². The first kappa shape index (κ1) is 16.6. The Morgan fingerprint density at radius 2 is 2.00 bits per heavy atom. The molecule has 3 rings (SSSR count). The fraction of sp³-hybridized carbons (Fsp3) is 0.500. The zero-order chi connectivity index (χ0) is 16.1. The second-order valence-electron chi connectivity index (χ2n) is 5.67. The first-order valence-electron chi connectivity index (χ1n) is 7.91. The third-order valence-electron chi connectivity index (χ3n) is 4.10. The summed E-state index contributed by atoms with van der Waals surface area (Å²) in [7, 11) is 0. The lowest BCUT2D eigenvalue weighted by Crippen LogP contribution is -2.37. The maximum atomic E-state index is 6.25. The molecule has 0 amide bonds. The summed E-state index contributed by atoms with van der Waals surface area (Å²) in [6.07, 6.45) is 1.73. The number of nitrogens with zero attached hydrogens (tertiary/aromatic N) is 3. The van der Waals surface area contributed by atoms with Gasteiger partial charge in [0.1, 0.15) is 5.82 Å². The Morgan fingerprint density at radius 3 is 2.78 bits per heavy atom. The fourth-order valence-electron chi connectivity index (χ4n) is 2.81. The molecule has 0 spiro atoms. The summed E-state index contributed by atoms with van der Waals surface area (Å²) in [6, 6.07) is 7.86. The lowest BCUT2D eigenvalue weighted by Gasteiger charge is -2.26. The Morgan fingerprint density at radius 1 is 1.22 bits per heavy atom. The van der Waals surface area contributed by atoms with Crippen molar-refractivity contribution in [2.45, 2.75) is 19.4 Å². The molecule has 0 radical (unpaired) electrons. The number of halogens is 1. The second-order valence-corrected chi connectivity index (χ2v) is 6.47. The van der Waals surface area contributed by atoms with Gasteiger partial charge in [0.2, 0.25) is 0 Å². The predicted molar refractivity (Wildman–Crippen MR) is 93.5 cm³/mol. The number of morpholine rings is 1. The van der Waals surface area contributed by atoms with Crippen molar-refractivity contribution in [3.63, 3.8) is 0 Å². The van der Waals surface area contributed by atoms with Crippen molar-refractivity contribution in [3.05, 3.63) is 45.4 Å². The summed E-state index contributed by atoms with van der Waals surface area (Å²) in [5.41, 5.74) is 1.07. The average Bonchev–Trinajstić information content (AvgIpc) is 2.91. The standard InChI is InChI=1S/C16H21ClN4OS/c17-14-5-2-1-4-13(14)12-15-18-19-16(23)21(15)7-3-6-20-8-10-22-11-9-20/h1-2,4-5H,3,6-12H2,(H,19,23). The molecule has 2 heterocycles. The first-order chi connectivity index (χ1) is 11.2. The number of hydrogen-bond acceptors (Lipinski definition) is 4. The molecule has 23 heavy (non-hydrogen) atoms. The first-order valence-corrected chi connectivity index (χ1v) is 8.70. The van der Waals surface area contributed by atoms with Gasteiger partial charge in [0.15, 0.2) is 4.77 Å². The van der Waals surface area contributed by atoms with Gasteiger partial charge in [-0.15, -0.1) is 0 Å². The van der Waals surface area contributed by atoms with E-state index < -0.39 is 0 Å². The highest BCUT2D eigenvalue weighted by Crippen LogP contribution is 2.18. The SMILES string of the molecule is S=c1[nH]nc(Cc2ccccc2Cl)n1CCCN1CCOCC1. The third kappa shape index (κ3) is 4.41. The molecule has 1 aromatic heterocycles. The third-order valence-corrected chi connectivity index (χ3v) is 4.78. The number of aromatic nitrogens is 3. The van der Waals surface area contributed by atoms with Crippen molar-refractivity contribution >= 4 is 23.8 Å². The van der Waals surface area contributed by atoms with Gasteiger partial charge in [-0.1, -0.05) is 29.8 Å². The normalized spacial score (nSPS) is 15.9. The molecule has 0 atom stereocenters. The van der Waals surface area contributed by atoms with Crippen LogP contribution in [-0.2, 0) is 17.7 Å². The van der Waals surface area contributed by atoms with Crippen LogP contribution in [0.1, 0.15) is 17.8 Å². The zero-order valence-corrected chi connectivity index (χ0v) is 14.6. The summed E-state index contributed by atoms with van der Waals surface area (Å²) in [4.78, 5) is 2.43. The number of ether oxygens (including phenoxy) is 1. The molecular formula is C16H21ClN4OS. The lowest BCUT2D eigenvalue weighted by molar-refractivity contribution is 0.0369. The van der Waals surface area contributed by atoms with E-state index in [2.05, 4.69) is 19.7 Å². The molecule has 1 aliphatic heterocycles. The average molecular weight is 353 g/mol. The van der Waals surface area contributed by atoms with Gasteiger partial charge in [0.25, 0.3) is 0 Å². The Hall–Kier alpha value is -1.21. The summed E-state index contributed by atoms with van der Waals surface area (Å²) in [5, 5.41) is 8.04. The van der Waals surface area contributed by atoms with Gasteiger partial charge in [-0.05, 0) is 30.3 Å². The molecule has 5 nitrogen and oxygen atoms in total. The molecule has 1 saturated heterocycles. The Kier molecular flexibility index (Phi) is 5.83. The van der Waals surface area contributed by atoms with E-state index in [4.69, 9.17) is 28.6 Å². The molecule has 1 fully saturated rings. The van der Waals surface area contributed by atoms with Gasteiger partial charge in [0.05, 0.1) is 13.2 Å². The summed E-state index contributed by atoms with van der Waals surface area (Å²) >= 11 is 11.6. The minimum Gasteiger partial charge on any atom is -0.379 e. The van der Waals surface area contributed by atoms with Crippen LogP contribution in [0.3, 0.4) is 0 Å². The van der Waals surface area contributed by atoms with Crippen LogP contribution in [0.25, 0.3) is 0 Å². The van der Waals surface area contributed by atoms with E-state index in [0.717, 1.165) is 62.2 Å². The Balaban J connectivity index is 1.62. The highest BCUT2D eigenvalue weighted by atomic mass is 35.5. The number of H-pyrrole nitrogens is 1. The molecule has 0 unspecified atom stereocenters. The van der Waals surface area contributed by atoms with E-state index in [0.29, 0.717) is 11.2 Å². The topological polar surface area (TPSA) is 46.1 Å². The van der Waals surface area contributed by atoms with Crippen molar-refractivity contribution in [3.8, 4) is 0 Å². The van der Waals surface area contributed by atoms with Crippen LogP contribution in [0.2, 0.25) is 5.02 Å². The predicted octanol–water partition coefficient (Wildman–Crippen LogP) is 2.91. The molecule has 0 bridgehead atoms. The van der Waals surface area contributed by atoms with Gasteiger partial charge in [-0.3, -0.25) is 10.00 Å². The summed E-state index contributed by atoms with van der Waals surface area (Å²) in [6.45, 7) is 5.63. The number of rotatable bonds is 6. The van der Waals surface area contributed by atoms with Crippen molar-refractivity contribution in [2.75, 3.05) is 32.8 Å². The van der Waals surface area contributed by atoms with Gasteiger partial charge in [-0.2, -0.15) is 5.10 Å². The van der Waals surface area contributed by atoms with Gasteiger partial charge < -0.3 is 9.30 Å². The van der Waals surface area contributed by atoms with Crippen LogP contribution in [0, 0.1) is 4.77 Å². The number of nitrogens with one attached hydrogen (secondary N) is 1. The van der Waals surface area contributed by atoms with Gasteiger partial charge >= 0.3 is 0 Å². The highest BCUT2D eigenvalue weighted by Gasteiger charge is 2.12. The molecule has 0 saturated carbocycles. The monoisotopic (exact) mass is 352 g/mol. The van der Waals surface area contributed by atoms with Crippen LogP contribution in [-0.4, -0.2) is 52.5 Å². The van der Waals surface area contributed by atoms with Crippen molar-refractivity contribution in [1.29, 1.82) is 0 Å². The van der Waals surface area contributed by atoms with Crippen LogP contribution < -0.4 is 0 Å². The maximum absolute atomic E-state index is 6.25. The van der Waals surface area contributed by atoms with Crippen LogP contribution in [0.15, 0.2) is 24.3 Å². The maximum Gasteiger partial charge on any atom is 0.195 e. The minimum absolute atomic E-state index is 0.675. The van der Waals surface area contributed by atoms with Crippen molar-refractivity contribution in [1.82, 2.24) is 19.7 Å². The zero-order valence-electron chi connectivity index (χ0n) is 13.0. The van der Waals surface area contributed by atoms with Gasteiger partial charge in [-0.25, -0.2) is 0 Å². The molecule has 2 aromatic rings. The molecular weight excluding hydrogens is 332 g/mol. The van der Waals surface area contributed by atoms with E-state index >= 15 is 0 Å². The fourth-order valence-corrected chi connectivity index (χ4v) is 3.25. The molecule has 1 aromatic carbocycles. The largest absolute Gasteiger partial charge is 0.379 e. The van der Waals surface area contributed by atoms with E-state index in [1.165, 1.54) is 0 Å². The van der Waals surface area contributed by atoms with E-state index in [1.54, 1.807) is 0 Å². The molecule has 124 valence electrons. The van der Waals surface area contributed by atoms with Crippen molar-refractivity contribution < 1.29 is 4.74 Å². The van der Waals surface area contributed by atoms with Crippen molar-refractivity contribution in [2.24, 2.45) is 0 Å².